The highest BCUT2D eigenvalue weighted by atomic mass is 32.2. The van der Waals surface area contributed by atoms with Crippen LogP contribution in [-0.4, -0.2) is 19.6 Å². The summed E-state index contributed by atoms with van der Waals surface area (Å²) in [7, 11) is -3.69. The third kappa shape index (κ3) is 3.36. The van der Waals surface area contributed by atoms with Crippen molar-refractivity contribution in [1.29, 1.82) is 0 Å². The van der Waals surface area contributed by atoms with Crippen LogP contribution in [0.1, 0.15) is 42.0 Å². The van der Waals surface area contributed by atoms with E-state index in [9.17, 15) is 13.5 Å². The lowest BCUT2D eigenvalue weighted by Gasteiger charge is -2.31. The summed E-state index contributed by atoms with van der Waals surface area (Å²) in [4.78, 5) is 0.226. The molecule has 0 aliphatic heterocycles. The van der Waals surface area contributed by atoms with Gasteiger partial charge < -0.3 is 5.11 Å². The maximum Gasteiger partial charge on any atom is 0.240 e. The van der Waals surface area contributed by atoms with Gasteiger partial charge in [0, 0.05) is 0 Å². The summed E-state index contributed by atoms with van der Waals surface area (Å²) in [6, 6.07) is 12.2. The number of hydrogen-bond acceptors (Lipinski definition) is 3. The zero-order valence-electron chi connectivity index (χ0n) is 14.9. The van der Waals surface area contributed by atoms with E-state index < -0.39 is 21.7 Å². The number of fused-ring (bicyclic) bond motifs is 1. The summed E-state index contributed by atoms with van der Waals surface area (Å²) in [5, 5.41) is 11.4. The number of aryl methyl sites for hydroxylation is 2. The average Bonchev–Trinajstić information content (AvgIpc) is 2.80. The Balaban J connectivity index is 1.95. The van der Waals surface area contributed by atoms with Crippen LogP contribution in [0, 0.1) is 13.8 Å². The predicted octanol–water partition coefficient (Wildman–Crippen LogP) is 3.19. The maximum atomic E-state index is 12.8. The molecule has 1 aliphatic rings. The van der Waals surface area contributed by atoms with Crippen LogP contribution in [0.15, 0.2) is 47.4 Å². The maximum absolute atomic E-state index is 12.8. The second-order valence-corrected chi connectivity index (χ2v) is 8.74. The molecule has 2 aromatic carbocycles. The third-order valence-corrected chi connectivity index (χ3v) is 6.48. The molecule has 134 valence electrons. The van der Waals surface area contributed by atoms with Crippen LogP contribution in [-0.2, 0) is 22.0 Å². The first kappa shape index (κ1) is 18.1. The molecule has 0 amide bonds. The van der Waals surface area contributed by atoms with Crippen LogP contribution in [0.3, 0.4) is 0 Å². The SMILES string of the molecule is CCC[C@]1(O)c2cc(C)ccc2C[C@@H]1NS(=O)(=O)c1ccc(C)cc1. The summed E-state index contributed by atoms with van der Waals surface area (Å²) in [6.45, 7) is 5.90. The molecule has 0 spiro atoms. The molecule has 0 unspecified atom stereocenters. The number of nitrogens with one attached hydrogen (secondary N) is 1. The van der Waals surface area contributed by atoms with Gasteiger partial charge in [-0.2, -0.15) is 0 Å². The average molecular weight is 359 g/mol. The number of sulfonamides is 1. The van der Waals surface area contributed by atoms with E-state index in [0.717, 1.165) is 28.7 Å². The first-order valence-electron chi connectivity index (χ1n) is 8.67. The lowest BCUT2D eigenvalue weighted by molar-refractivity contribution is 0.00645. The molecule has 2 N–H and O–H groups in total. The summed E-state index contributed by atoms with van der Waals surface area (Å²) in [6.07, 6.45) is 1.79. The molecule has 5 heteroatoms. The summed E-state index contributed by atoms with van der Waals surface area (Å²) in [5.41, 5.74) is 2.76. The minimum absolute atomic E-state index is 0.226. The predicted molar refractivity (Wildman–Crippen MR) is 99.0 cm³/mol. The molecular weight excluding hydrogens is 334 g/mol. The highest BCUT2D eigenvalue weighted by Gasteiger charge is 2.46. The van der Waals surface area contributed by atoms with E-state index >= 15 is 0 Å². The zero-order valence-corrected chi connectivity index (χ0v) is 15.7. The third-order valence-electron chi connectivity index (χ3n) is 4.99. The van der Waals surface area contributed by atoms with Gasteiger partial charge in [0.05, 0.1) is 10.9 Å². The van der Waals surface area contributed by atoms with Crippen LogP contribution < -0.4 is 4.72 Å². The van der Waals surface area contributed by atoms with Crippen molar-refractivity contribution in [3.63, 3.8) is 0 Å². The summed E-state index contributed by atoms with van der Waals surface area (Å²) < 4.78 is 28.3. The summed E-state index contributed by atoms with van der Waals surface area (Å²) >= 11 is 0. The van der Waals surface area contributed by atoms with Crippen molar-refractivity contribution < 1.29 is 13.5 Å². The van der Waals surface area contributed by atoms with E-state index in [-0.39, 0.29) is 4.90 Å². The fourth-order valence-corrected chi connectivity index (χ4v) is 4.93. The van der Waals surface area contributed by atoms with E-state index in [0.29, 0.717) is 12.8 Å². The number of aliphatic hydroxyl groups is 1. The highest BCUT2D eigenvalue weighted by molar-refractivity contribution is 7.89. The molecule has 0 heterocycles. The normalized spacial score (nSPS) is 22.8. The molecule has 0 bridgehead atoms. The van der Waals surface area contributed by atoms with Gasteiger partial charge in [-0.1, -0.05) is 54.8 Å². The van der Waals surface area contributed by atoms with Crippen molar-refractivity contribution in [3.8, 4) is 0 Å². The Hall–Kier alpha value is -1.69. The van der Waals surface area contributed by atoms with Crippen molar-refractivity contribution >= 4 is 10.0 Å². The highest BCUT2D eigenvalue weighted by Crippen LogP contribution is 2.41. The van der Waals surface area contributed by atoms with Crippen LogP contribution >= 0.6 is 0 Å². The van der Waals surface area contributed by atoms with Crippen LogP contribution in [0.4, 0.5) is 0 Å². The van der Waals surface area contributed by atoms with Crippen LogP contribution in [0.25, 0.3) is 0 Å². The van der Waals surface area contributed by atoms with Gasteiger partial charge in [0.1, 0.15) is 5.60 Å². The van der Waals surface area contributed by atoms with Gasteiger partial charge in [0.25, 0.3) is 0 Å². The van der Waals surface area contributed by atoms with Crippen molar-refractivity contribution in [3.05, 3.63) is 64.7 Å². The topological polar surface area (TPSA) is 66.4 Å². The second kappa shape index (κ2) is 6.56. The Kier molecular flexibility index (Phi) is 4.75. The smallest absolute Gasteiger partial charge is 0.240 e. The van der Waals surface area contributed by atoms with Crippen LogP contribution in [0.2, 0.25) is 0 Å². The zero-order chi connectivity index (χ0) is 18.2. The van der Waals surface area contributed by atoms with Crippen molar-refractivity contribution in [2.24, 2.45) is 0 Å². The Morgan fingerprint density at radius 3 is 2.40 bits per heavy atom. The molecule has 1 aliphatic carbocycles. The van der Waals surface area contributed by atoms with Gasteiger partial charge in [-0.05, 0) is 49.9 Å². The lowest BCUT2D eigenvalue weighted by Crippen LogP contribution is -2.48. The van der Waals surface area contributed by atoms with E-state index in [4.69, 9.17) is 0 Å². The van der Waals surface area contributed by atoms with Crippen molar-refractivity contribution in [1.82, 2.24) is 4.72 Å². The number of benzene rings is 2. The Bertz CT molecular complexity index is 874. The minimum atomic E-state index is -3.69. The molecule has 25 heavy (non-hydrogen) atoms. The van der Waals surface area contributed by atoms with E-state index in [2.05, 4.69) is 4.72 Å². The van der Waals surface area contributed by atoms with Gasteiger partial charge >= 0.3 is 0 Å². The number of hydrogen-bond donors (Lipinski definition) is 2. The van der Waals surface area contributed by atoms with Crippen molar-refractivity contribution in [2.45, 2.75) is 56.6 Å². The van der Waals surface area contributed by atoms with E-state index in [1.165, 1.54) is 0 Å². The standard InChI is InChI=1S/C20H25NO3S/c1-4-11-20(22)18-12-15(3)5-8-16(18)13-19(20)21-25(23,24)17-9-6-14(2)7-10-17/h5-10,12,19,21-22H,4,11,13H2,1-3H3/t19-,20-/m0/s1. The molecule has 2 aromatic rings. The van der Waals surface area contributed by atoms with Gasteiger partial charge in [-0.3, -0.25) is 0 Å². The Labute approximate surface area is 150 Å². The lowest BCUT2D eigenvalue weighted by atomic mass is 9.88. The minimum Gasteiger partial charge on any atom is -0.383 e. The van der Waals surface area contributed by atoms with Gasteiger partial charge in [-0.25, -0.2) is 13.1 Å². The Morgan fingerprint density at radius 2 is 1.76 bits per heavy atom. The molecule has 0 aromatic heterocycles. The van der Waals surface area contributed by atoms with E-state index in [1.807, 2.05) is 39.0 Å². The number of rotatable bonds is 5. The molecule has 0 radical (unpaired) electrons. The Morgan fingerprint density at radius 1 is 1.12 bits per heavy atom. The molecular formula is C20H25NO3S. The van der Waals surface area contributed by atoms with Gasteiger partial charge in [0.15, 0.2) is 0 Å². The molecule has 0 saturated carbocycles. The largest absolute Gasteiger partial charge is 0.383 e. The first-order valence-corrected chi connectivity index (χ1v) is 10.2. The molecule has 3 rings (SSSR count). The van der Waals surface area contributed by atoms with Crippen molar-refractivity contribution in [2.75, 3.05) is 0 Å². The monoisotopic (exact) mass is 359 g/mol. The molecule has 0 saturated heterocycles. The first-order chi connectivity index (χ1) is 11.8. The molecule has 0 fully saturated rings. The molecule has 2 atom stereocenters. The quantitative estimate of drug-likeness (QED) is 0.861. The van der Waals surface area contributed by atoms with Gasteiger partial charge in [-0.15, -0.1) is 0 Å². The molecule has 4 nitrogen and oxygen atoms in total. The fraction of sp³-hybridized carbons (Fsp3) is 0.400. The van der Waals surface area contributed by atoms with Gasteiger partial charge in [0.2, 0.25) is 10.0 Å². The van der Waals surface area contributed by atoms with E-state index in [1.54, 1.807) is 24.3 Å². The second-order valence-electron chi connectivity index (χ2n) is 7.03. The fourth-order valence-electron chi connectivity index (χ4n) is 3.65. The van der Waals surface area contributed by atoms with Crippen LogP contribution in [0.5, 0.6) is 0 Å². The summed E-state index contributed by atoms with van der Waals surface area (Å²) in [5.74, 6) is 0.